The minimum Gasteiger partial charge on any atom is -0.456 e. The summed E-state index contributed by atoms with van der Waals surface area (Å²) in [4.78, 5) is 0. The number of hydrogen-bond donors (Lipinski definition) is 0. The van der Waals surface area contributed by atoms with E-state index in [4.69, 9.17) is 13.9 Å². The molecule has 0 saturated carbocycles. The van der Waals surface area contributed by atoms with Crippen molar-refractivity contribution in [3.05, 3.63) is 146 Å². The molecule has 0 aliphatic carbocycles. The Kier molecular flexibility index (Phi) is 4.89. The molecule has 4 heterocycles. The number of hydrogen-bond acceptors (Lipinski definition) is 3. The van der Waals surface area contributed by atoms with Crippen molar-refractivity contribution in [3.8, 4) is 39.8 Å². The Morgan fingerprint density at radius 1 is 0.489 bits per heavy atom. The quantitative estimate of drug-likeness (QED) is 0.186. The molecule has 9 aromatic rings. The first-order chi connectivity index (χ1) is 23.3. The molecule has 0 unspecified atom stereocenters. The fraction of sp³-hybridized carbons (Fsp3) is 0. The van der Waals surface area contributed by atoms with Crippen LogP contribution in [0.2, 0.25) is 0 Å². The molecule has 0 amide bonds. The number of fused-ring (bicyclic) bond motifs is 12. The van der Waals surface area contributed by atoms with Crippen LogP contribution in [0.1, 0.15) is 0 Å². The third-order valence-electron chi connectivity index (χ3n) is 9.91. The van der Waals surface area contributed by atoms with E-state index in [1.165, 1.54) is 5.39 Å². The van der Waals surface area contributed by atoms with Crippen molar-refractivity contribution >= 4 is 66.8 Å². The average molecular weight is 601 g/mol. The molecule has 0 N–H and O–H groups in total. The second-order valence-corrected chi connectivity index (χ2v) is 12.4. The lowest BCUT2D eigenvalue weighted by molar-refractivity contribution is 0.463. The maximum atomic E-state index is 7.12. The van der Waals surface area contributed by atoms with Gasteiger partial charge in [-0.3, -0.25) is 0 Å². The summed E-state index contributed by atoms with van der Waals surface area (Å²) in [5, 5.41) is 4.49. The van der Waals surface area contributed by atoms with E-state index in [-0.39, 0.29) is 6.71 Å². The number of para-hydroxylation sites is 3. The van der Waals surface area contributed by atoms with E-state index in [9.17, 15) is 0 Å². The minimum atomic E-state index is -0.110. The topological polar surface area (TPSA) is 36.5 Å². The van der Waals surface area contributed by atoms with Crippen LogP contribution >= 0.6 is 0 Å². The smallest absolute Gasteiger partial charge is 0.260 e. The van der Waals surface area contributed by atoms with Gasteiger partial charge >= 0.3 is 0 Å². The van der Waals surface area contributed by atoms with Gasteiger partial charge in [0.25, 0.3) is 6.71 Å². The van der Waals surface area contributed by atoms with Gasteiger partial charge in [0.2, 0.25) is 0 Å². The molecule has 2 aliphatic rings. The van der Waals surface area contributed by atoms with Gasteiger partial charge in [-0.05, 0) is 58.5 Å². The molecule has 47 heavy (non-hydrogen) atoms. The molecule has 0 atom stereocenters. The van der Waals surface area contributed by atoms with Crippen molar-refractivity contribution in [1.29, 1.82) is 0 Å². The molecule has 5 heteroatoms. The Hall–Kier alpha value is -6.20. The third kappa shape index (κ3) is 3.38. The van der Waals surface area contributed by atoms with E-state index in [2.05, 4.69) is 132 Å². The Morgan fingerprint density at radius 2 is 1.13 bits per heavy atom. The van der Waals surface area contributed by atoms with Crippen molar-refractivity contribution < 1.29 is 13.9 Å². The van der Waals surface area contributed by atoms with Crippen LogP contribution in [0.4, 0.5) is 0 Å². The first-order valence-electron chi connectivity index (χ1n) is 16.0. The fourth-order valence-electron chi connectivity index (χ4n) is 7.88. The van der Waals surface area contributed by atoms with Gasteiger partial charge in [-0.25, -0.2) is 0 Å². The van der Waals surface area contributed by atoms with E-state index in [1.807, 2.05) is 18.2 Å². The lowest BCUT2D eigenvalue weighted by Crippen LogP contribution is -2.57. The molecule has 0 spiro atoms. The predicted octanol–water partition coefficient (Wildman–Crippen LogP) is 9.08. The van der Waals surface area contributed by atoms with Gasteiger partial charge in [0, 0.05) is 32.7 Å². The molecule has 0 radical (unpaired) electrons. The Morgan fingerprint density at radius 3 is 1.94 bits per heavy atom. The molecule has 11 rings (SSSR count). The van der Waals surface area contributed by atoms with Crippen LogP contribution in [0, 0.1) is 0 Å². The van der Waals surface area contributed by atoms with Crippen LogP contribution in [-0.4, -0.2) is 11.3 Å². The number of nitrogens with zero attached hydrogens (tertiary/aromatic N) is 1. The largest absolute Gasteiger partial charge is 0.456 e. The molecular formula is C42H24BNO3. The molecule has 0 bridgehead atoms. The van der Waals surface area contributed by atoms with E-state index >= 15 is 0 Å². The summed E-state index contributed by atoms with van der Waals surface area (Å²) in [6.07, 6.45) is 0. The van der Waals surface area contributed by atoms with Crippen molar-refractivity contribution in [1.82, 2.24) is 4.57 Å². The maximum absolute atomic E-state index is 7.12. The Bertz CT molecular complexity index is 2740. The summed E-state index contributed by atoms with van der Waals surface area (Å²) < 4.78 is 22.9. The Labute approximate surface area is 270 Å². The van der Waals surface area contributed by atoms with E-state index in [0.717, 1.165) is 94.6 Å². The lowest BCUT2D eigenvalue weighted by Gasteiger charge is -2.33. The predicted molar refractivity (Wildman–Crippen MR) is 191 cm³/mol. The summed E-state index contributed by atoms with van der Waals surface area (Å²) in [6, 6.07) is 51.0. The number of benzene rings is 7. The van der Waals surface area contributed by atoms with Crippen LogP contribution in [0.3, 0.4) is 0 Å². The molecule has 7 aromatic carbocycles. The molecule has 0 fully saturated rings. The number of ether oxygens (including phenoxy) is 2. The standard InChI is InChI=1S/C42H24BNO3/c1-3-11-25(12-4-1)26-23-36-38-37(24-26)47-42-33(22-20-31-29-16-8-10-18-35(29)45-40(31)42)43(38)32-21-19-30-28-15-7-9-17-34(28)44(39(30)41(32)46-36)27-13-5-2-6-14-27/h1-24H. The minimum absolute atomic E-state index is 0.110. The summed E-state index contributed by atoms with van der Waals surface area (Å²) in [5.74, 6) is 3.24. The zero-order valence-corrected chi connectivity index (χ0v) is 25.1. The maximum Gasteiger partial charge on any atom is 0.260 e. The zero-order chi connectivity index (χ0) is 30.6. The first-order valence-corrected chi connectivity index (χ1v) is 16.0. The lowest BCUT2D eigenvalue weighted by atomic mass is 9.34. The zero-order valence-electron chi connectivity index (χ0n) is 25.1. The molecule has 2 aliphatic heterocycles. The van der Waals surface area contributed by atoms with Gasteiger partial charge in [0.1, 0.15) is 22.8 Å². The van der Waals surface area contributed by atoms with Crippen LogP contribution in [0.5, 0.6) is 23.0 Å². The summed E-state index contributed by atoms with van der Waals surface area (Å²) >= 11 is 0. The van der Waals surface area contributed by atoms with Crippen LogP contribution in [-0.2, 0) is 0 Å². The van der Waals surface area contributed by atoms with E-state index < -0.39 is 0 Å². The molecule has 4 nitrogen and oxygen atoms in total. The second kappa shape index (κ2) is 9.18. The molecule has 0 saturated heterocycles. The van der Waals surface area contributed by atoms with Crippen molar-refractivity contribution in [2.24, 2.45) is 0 Å². The summed E-state index contributed by atoms with van der Waals surface area (Å²) in [5.41, 5.74) is 10.3. The van der Waals surface area contributed by atoms with Crippen molar-refractivity contribution in [2.45, 2.75) is 0 Å². The average Bonchev–Trinajstić information content (AvgIpc) is 3.69. The van der Waals surface area contributed by atoms with E-state index in [0.29, 0.717) is 0 Å². The van der Waals surface area contributed by atoms with Gasteiger partial charge in [-0.2, -0.15) is 0 Å². The van der Waals surface area contributed by atoms with Gasteiger partial charge < -0.3 is 18.5 Å². The van der Waals surface area contributed by atoms with Gasteiger partial charge in [-0.1, -0.05) is 109 Å². The highest BCUT2D eigenvalue weighted by Crippen LogP contribution is 2.45. The second-order valence-electron chi connectivity index (χ2n) is 12.4. The SMILES string of the molecule is c1ccc(-c2cc3c4c(c2)Oc2c(ccc5c6ccccc6n(-c6ccccc6)c25)B4c2ccc4c(oc5ccccc54)c2O3)cc1. The number of furan rings is 1. The summed E-state index contributed by atoms with van der Waals surface area (Å²) in [6.45, 7) is -0.110. The fourth-order valence-corrected chi connectivity index (χ4v) is 7.88. The first kappa shape index (κ1) is 25.0. The highest BCUT2D eigenvalue weighted by atomic mass is 16.5. The van der Waals surface area contributed by atoms with Crippen LogP contribution in [0.25, 0.3) is 60.6 Å². The molecule has 218 valence electrons. The highest BCUT2D eigenvalue weighted by molar-refractivity contribution is 6.98. The molecule has 2 aromatic heterocycles. The van der Waals surface area contributed by atoms with Crippen LogP contribution < -0.4 is 25.9 Å². The molecular weight excluding hydrogens is 577 g/mol. The number of rotatable bonds is 2. The summed E-state index contributed by atoms with van der Waals surface area (Å²) in [7, 11) is 0. The van der Waals surface area contributed by atoms with Crippen molar-refractivity contribution in [2.75, 3.05) is 0 Å². The normalized spacial score (nSPS) is 13.0. The highest BCUT2D eigenvalue weighted by Gasteiger charge is 2.43. The number of aromatic nitrogens is 1. The Balaban J connectivity index is 1.26. The third-order valence-corrected chi connectivity index (χ3v) is 9.91. The van der Waals surface area contributed by atoms with Crippen molar-refractivity contribution in [3.63, 3.8) is 0 Å². The van der Waals surface area contributed by atoms with Crippen LogP contribution in [0.15, 0.2) is 150 Å². The van der Waals surface area contributed by atoms with Gasteiger partial charge in [0.05, 0.1) is 11.0 Å². The van der Waals surface area contributed by atoms with Gasteiger partial charge in [0.15, 0.2) is 11.3 Å². The van der Waals surface area contributed by atoms with E-state index in [1.54, 1.807) is 0 Å². The monoisotopic (exact) mass is 601 g/mol. The van der Waals surface area contributed by atoms with Gasteiger partial charge in [-0.15, -0.1) is 0 Å².